The first-order valence-electron chi connectivity index (χ1n) is 33.0. The fourth-order valence-electron chi connectivity index (χ4n) is 11.4. The second-order valence-electron chi connectivity index (χ2n) is 24.5. The summed E-state index contributed by atoms with van der Waals surface area (Å²) in [4.78, 5) is 94.9. The lowest BCUT2D eigenvalue weighted by molar-refractivity contribution is 0.0303. The normalized spacial score (nSPS) is 12.0. The smallest absolute Gasteiger partial charge is 0.254 e. The van der Waals surface area contributed by atoms with Crippen LogP contribution in [0.3, 0.4) is 0 Å². The van der Waals surface area contributed by atoms with Crippen LogP contribution in [-0.4, -0.2) is 162 Å². The molecule has 1 aliphatic rings. The molecule has 0 spiro atoms. The van der Waals surface area contributed by atoms with E-state index in [9.17, 15) is 23.1 Å². The molecule has 0 saturated carbocycles. The number of carbonyl (C=O) groups excluding carboxylic acids is 2. The second kappa shape index (κ2) is 29.8. The molecule has 0 atom stereocenters. The van der Waals surface area contributed by atoms with E-state index in [0.717, 1.165) is 66.4 Å². The Hall–Kier alpha value is -14.2. The molecule has 0 bridgehead atoms. The number of morpholine rings is 1. The van der Waals surface area contributed by atoms with Crippen LogP contribution in [0.15, 0.2) is 224 Å². The summed E-state index contributed by atoms with van der Waals surface area (Å²) in [5.41, 5.74) is 39.7. The predicted molar refractivity (Wildman–Crippen MR) is 418 cm³/mol. The third-order valence-corrected chi connectivity index (χ3v) is 18.0. The van der Waals surface area contributed by atoms with Gasteiger partial charge in [-0.1, -0.05) is 97.1 Å². The number of para-hydroxylation sites is 8. The number of phenolic OH excluding ortho intramolecular Hbond substituents is 1. The monoisotopic (exact) mass is 1440 g/mol. The van der Waals surface area contributed by atoms with E-state index in [4.69, 9.17) is 32.7 Å². The van der Waals surface area contributed by atoms with E-state index in [2.05, 4.69) is 74.8 Å². The highest BCUT2D eigenvalue weighted by Gasteiger charge is 2.22. The molecule has 16 aromatic rings. The quantitative estimate of drug-likeness (QED) is 0.0581. The van der Waals surface area contributed by atoms with Crippen LogP contribution in [0.2, 0.25) is 0 Å². The van der Waals surface area contributed by atoms with Gasteiger partial charge >= 0.3 is 0 Å². The minimum atomic E-state index is -3.25. The van der Waals surface area contributed by atoms with Crippen LogP contribution in [0.1, 0.15) is 27.8 Å². The Balaban J connectivity index is 0.000000168. The second-order valence-corrected chi connectivity index (χ2v) is 26.5. The first kappa shape index (κ1) is 68.9. The van der Waals surface area contributed by atoms with Gasteiger partial charge in [0.2, 0.25) is 0 Å². The number of nitrogens with zero attached hydrogens (tertiary/aromatic N) is 14. The third kappa shape index (κ3) is 15.2. The highest BCUT2D eigenvalue weighted by molar-refractivity contribution is 7.90. The van der Waals surface area contributed by atoms with E-state index in [1.165, 1.54) is 11.2 Å². The average molecular weight is 1440 g/mol. The summed E-state index contributed by atoms with van der Waals surface area (Å²) in [5.74, 6) is 3.50. The van der Waals surface area contributed by atoms with Crippen LogP contribution in [0.25, 0.3) is 135 Å². The molecule has 0 unspecified atom stereocenters. The Morgan fingerprint density at radius 3 is 1.14 bits per heavy atom. The summed E-state index contributed by atoms with van der Waals surface area (Å²) < 4.78 is 28.5. The van der Waals surface area contributed by atoms with Gasteiger partial charge in [-0.2, -0.15) is 0 Å². The third-order valence-electron chi connectivity index (χ3n) is 16.9. The number of amides is 2. The SMILES string of the molecule is CN(C)C(=O)c1ccc(-c2cnc(N)c(-c3nc4ccccc4[nH]3)n2)cc1.CS(=O)(=O)c1ccc(-c2cnc(N)c(-c3nc4ccccc4[nH]3)n2)cc1.Nc1ncc(-c2cccc(C(=O)N3CCOCC3)c2)nc1-c1nc2ccccc2[nH]1.Nc1ncc(-c2cccc(O)c2)nc1-c1nc2ccccc2[nH]1.[HH].[HH].[HH].[HH].[HH]. The maximum atomic E-state index is 12.8. The number of aromatic nitrogens is 16. The van der Waals surface area contributed by atoms with Crippen LogP contribution >= 0.6 is 0 Å². The predicted octanol–water partition coefficient (Wildman–Crippen LogP) is 12.6. The molecule has 17 rings (SSSR count). The van der Waals surface area contributed by atoms with Gasteiger partial charge in [-0.05, 0) is 97.1 Å². The lowest BCUT2D eigenvalue weighted by Crippen LogP contribution is -2.40. The van der Waals surface area contributed by atoms with Crippen molar-refractivity contribution in [1.82, 2.24) is 89.5 Å². The summed E-state index contributed by atoms with van der Waals surface area (Å²) >= 11 is 0. The number of nitrogens with two attached hydrogens (primary N) is 4. The molecule has 1 fully saturated rings. The number of hydrogen-bond acceptors (Lipinski definition) is 22. The number of H-pyrrole nitrogens is 4. The fraction of sp³-hybridized carbons (Fsp3) is 0.0909. The van der Waals surface area contributed by atoms with Gasteiger partial charge in [0.1, 0.15) is 28.5 Å². The number of anilines is 4. The van der Waals surface area contributed by atoms with Crippen LogP contribution in [-0.2, 0) is 14.6 Å². The number of phenols is 1. The molecule has 536 valence electrons. The zero-order chi connectivity index (χ0) is 73.6. The van der Waals surface area contributed by atoms with Crippen LogP contribution in [0.5, 0.6) is 5.75 Å². The maximum Gasteiger partial charge on any atom is 0.254 e. The minimum absolute atomic E-state index is 0. The number of nitrogen functional groups attached to an aromatic ring is 4. The molecule has 0 radical (unpaired) electrons. The first-order chi connectivity index (χ1) is 51.3. The first-order valence-corrected chi connectivity index (χ1v) is 34.9. The van der Waals surface area contributed by atoms with Gasteiger partial charge < -0.3 is 62.5 Å². The summed E-state index contributed by atoms with van der Waals surface area (Å²) in [6.07, 6.45) is 7.53. The van der Waals surface area contributed by atoms with Crippen molar-refractivity contribution in [2.75, 3.05) is 69.6 Å². The standard InChI is InChI=1S/C22H20N6O2.C20H18N6O.C18H15N5O2S.C17H13N5O.5H2/c23-20-19(21-26-16-6-1-2-7-17(16)27-21)25-18(13-24-20)14-4-3-5-15(12-14)22(29)28-8-10-30-11-9-28;1-26(2)20(27)13-9-7-12(8-10-13)16-11-22-18(21)17(23-16)19-24-14-5-3-4-6-15(14)25-19;1-26(24,25)12-8-6-11(7-9-12)15-10-20-17(19)16(21-15)18-22-13-4-2-3-5-14(13)23-18;18-16-15(17-21-12-6-1-2-7-13(12)22-17)20-14(9-19-16)10-4-3-5-11(23)8-10;;;;;/h1-7,12-13H,8-11H2,(H2,23,24)(H,26,27);3-11H,1-2H3,(H2,21,22)(H,24,25);2-10H,1H3,(H2,19,20)(H,22,23);1-9,23H,(H2,18,19)(H,21,22);5*1H. The Labute approximate surface area is 612 Å². The Kier molecular flexibility index (Phi) is 19.4. The topological polar surface area (TPSA) is 426 Å². The van der Waals surface area contributed by atoms with E-state index < -0.39 is 9.84 Å². The molecule has 13 N–H and O–H groups in total. The number of benzene rings is 8. The van der Waals surface area contributed by atoms with Crippen molar-refractivity contribution >= 4 is 89.1 Å². The lowest BCUT2D eigenvalue weighted by atomic mass is 10.1. The highest BCUT2D eigenvalue weighted by Crippen LogP contribution is 2.32. The zero-order valence-electron chi connectivity index (χ0n) is 57.1. The van der Waals surface area contributed by atoms with Gasteiger partial charge in [-0.25, -0.2) is 68.2 Å². The van der Waals surface area contributed by atoms with Crippen molar-refractivity contribution in [3.05, 3.63) is 230 Å². The summed E-state index contributed by atoms with van der Waals surface area (Å²) in [5, 5.41) is 9.62. The van der Waals surface area contributed by atoms with Crippen molar-refractivity contribution in [3.8, 4) is 96.9 Å². The average Bonchev–Trinajstić information content (AvgIpc) is 1.75. The number of ether oxygens (including phenoxy) is 1. The minimum Gasteiger partial charge on any atom is -0.508 e. The molecule has 106 heavy (non-hydrogen) atoms. The van der Waals surface area contributed by atoms with E-state index in [-0.39, 0.29) is 35.4 Å². The zero-order valence-corrected chi connectivity index (χ0v) is 57.9. The number of nitrogens with one attached hydrogen (secondary N) is 4. The number of fused-ring (bicyclic) bond motifs is 4. The van der Waals surface area contributed by atoms with Gasteiger partial charge in [-0.3, -0.25) is 9.59 Å². The van der Waals surface area contributed by atoms with Gasteiger partial charge in [0.05, 0.1) is 110 Å². The summed E-state index contributed by atoms with van der Waals surface area (Å²) in [6.45, 7) is 2.33. The number of aromatic hydroxyl groups is 1. The number of imidazole rings is 4. The van der Waals surface area contributed by atoms with Crippen molar-refractivity contribution in [2.24, 2.45) is 0 Å². The van der Waals surface area contributed by atoms with Gasteiger partial charge in [-0.15, -0.1) is 0 Å². The molecule has 1 saturated heterocycles. The molecule has 2 amide bonds. The molecule has 28 nitrogen and oxygen atoms in total. The van der Waals surface area contributed by atoms with E-state index in [0.29, 0.717) is 124 Å². The lowest BCUT2D eigenvalue weighted by Gasteiger charge is -2.27. The van der Waals surface area contributed by atoms with Crippen LogP contribution in [0, 0.1) is 0 Å². The van der Waals surface area contributed by atoms with Crippen molar-refractivity contribution in [1.29, 1.82) is 0 Å². The summed E-state index contributed by atoms with van der Waals surface area (Å²) in [7, 11) is 0.202. The molecule has 8 aromatic heterocycles. The largest absolute Gasteiger partial charge is 0.508 e. The van der Waals surface area contributed by atoms with Crippen LogP contribution in [0.4, 0.5) is 23.3 Å². The van der Waals surface area contributed by atoms with E-state index in [1.54, 1.807) is 98.4 Å². The molecular formula is C77H76N22O6S. The molecular weight excluding hydrogens is 1360 g/mol. The Morgan fingerprint density at radius 2 is 0.783 bits per heavy atom. The molecule has 1 aliphatic heterocycles. The molecule has 9 heterocycles. The van der Waals surface area contributed by atoms with Crippen molar-refractivity contribution < 1.29 is 35.0 Å². The molecule has 0 aliphatic carbocycles. The number of rotatable bonds is 11. The van der Waals surface area contributed by atoms with Crippen molar-refractivity contribution in [3.63, 3.8) is 0 Å². The van der Waals surface area contributed by atoms with Crippen molar-refractivity contribution in [2.45, 2.75) is 4.90 Å². The number of aromatic amines is 4. The molecule has 8 aromatic carbocycles. The van der Waals surface area contributed by atoms with Crippen LogP contribution < -0.4 is 22.9 Å². The van der Waals surface area contributed by atoms with Gasteiger partial charge in [0, 0.05) is 74.0 Å². The number of carbonyl (C=O) groups is 2. The number of sulfone groups is 1. The Morgan fingerprint density at radius 1 is 0.434 bits per heavy atom. The van der Waals surface area contributed by atoms with E-state index in [1.807, 2.05) is 140 Å². The van der Waals surface area contributed by atoms with Gasteiger partial charge in [0.25, 0.3) is 11.8 Å². The Bertz CT molecular complexity index is 5950. The molecule has 29 heteroatoms. The maximum absolute atomic E-state index is 12.8. The fourth-order valence-corrected chi connectivity index (χ4v) is 12.1. The summed E-state index contributed by atoms with van der Waals surface area (Å²) in [6, 6.07) is 58.8. The highest BCUT2D eigenvalue weighted by atomic mass is 32.2. The number of hydrogen-bond donors (Lipinski definition) is 9. The van der Waals surface area contributed by atoms with E-state index >= 15 is 0 Å². The van der Waals surface area contributed by atoms with Gasteiger partial charge in [0.15, 0.2) is 56.4 Å².